The number of hydrogen-bond acceptors (Lipinski definition) is 4. The highest BCUT2D eigenvalue weighted by atomic mass is 16.4. The van der Waals surface area contributed by atoms with Gasteiger partial charge in [0.2, 0.25) is 0 Å². The number of aromatic carboxylic acids is 1. The number of carbonyl (C=O) groups is 1. The molecule has 0 unspecified atom stereocenters. The summed E-state index contributed by atoms with van der Waals surface area (Å²) in [5, 5.41) is 8.95. The van der Waals surface area contributed by atoms with Crippen LogP contribution in [0.4, 0.5) is 11.4 Å². The van der Waals surface area contributed by atoms with Crippen LogP contribution in [-0.2, 0) is 6.42 Å². The van der Waals surface area contributed by atoms with Gasteiger partial charge < -0.3 is 21.5 Å². The Kier molecular flexibility index (Phi) is 5.63. The SMILES string of the molecule is CCCN(C)CCCc1ccc(C(=O)O)c(N)c1N. The average molecular weight is 265 g/mol. The average Bonchev–Trinajstić information content (AvgIpc) is 2.34. The molecule has 1 aromatic carbocycles. The molecule has 0 spiro atoms. The minimum absolute atomic E-state index is 0.0735. The predicted molar refractivity (Wildman–Crippen MR) is 78.3 cm³/mol. The number of hydrogen-bond donors (Lipinski definition) is 3. The third kappa shape index (κ3) is 4.13. The van der Waals surface area contributed by atoms with Crippen LogP contribution in [-0.4, -0.2) is 36.1 Å². The molecule has 1 aromatic rings. The molecule has 0 bridgehead atoms. The van der Waals surface area contributed by atoms with Gasteiger partial charge in [-0.15, -0.1) is 0 Å². The molecular formula is C14H23N3O2. The monoisotopic (exact) mass is 265 g/mol. The van der Waals surface area contributed by atoms with Gasteiger partial charge in [0.15, 0.2) is 0 Å². The topological polar surface area (TPSA) is 92.6 Å². The van der Waals surface area contributed by atoms with Gasteiger partial charge in [-0.1, -0.05) is 13.0 Å². The number of carboxylic acid groups (broad SMARTS) is 1. The highest BCUT2D eigenvalue weighted by Gasteiger charge is 2.13. The van der Waals surface area contributed by atoms with Crippen LogP contribution in [0.15, 0.2) is 12.1 Å². The molecule has 0 aliphatic carbocycles. The Hall–Kier alpha value is -1.75. The number of anilines is 2. The van der Waals surface area contributed by atoms with Gasteiger partial charge in [-0.2, -0.15) is 0 Å². The van der Waals surface area contributed by atoms with E-state index in [-0.39, 0.29) is 11.3 Å². The van der Waals surface area contributed by atoms with Gasteiger partial charge in [0.25, 0.3) is 0 Å². The first kappa shape index (κ1) is 15.3. The molecule has 0 saturated carbocycles. The lowest BCUT2D eigenvalue weighted by atomic mass is 10.0. The molecule has 1 rings (SSSR count). The van der Waals surface area contributed by atoms with Crippen molar-refractivity contribution in [3.63, 3.8) is 0 Å². The first-order valence-corrected chi connectivity index (χ1v) is 6.56. The van der Waals surface area contributed by atoms with Crippen LogP contribution < -0.4 is 11.5 Å². The van der Waals surface area contributed by atoms with Gasteiger partial charge in [0, 0.05) is 0 Å². The summed E-state index contributed by atoms with van der Waals surface area (Å²) in [4.78, 5) is 13.2. The Labute approximate surface area is 114 Å². The first-order valence-electron chi connectivity index (χ1n) is 6.56. The fraction of sp³-hybridized carbons (Fsp3) is 0.500. The molecular weight excluding hydrogens is 242 g/mol. The molecule has 0 saturated heterocycles. The normalized spacial score (nSPS) is 10.9. The highest BCUT2D eigenvalue weighted by Crippen LogP contribution is 2.25. The first-order chi connectivity index (χ1) is 8.97. The maximum atomic E-state index is 10.9. The van der Waals surface area contributed by atoms with Crippen molar-refractivity contribution in [2.45, 2.75) is 26.2 Å². The van der Waals surface area contributed by atoms with Crippen LogP contribution in [0.2, 0.25) is 0 Å². The zero-order valence-electron chi connectivity index (χ0n) is 11.6. The molecule has 0 aromatic heterocycles. The lowest BCUT2D eigenvalue weighted by Gasteiger charge is -2.16. The summed E-state index contributed by atoms with van der Waals surface area (Å²) in [6, 6.07) is 3.29. The van der Waals surface area contributed by atoms with Crippen molar-refractivity contribution >= 4 is 17.3 Å². The summed E-state index contributed by atoms with van der Waals surface area (Å²) >= 11 is 0. The molecule has 0 fully saturated rings. The van der Waals surface area contributed by atoms with E-state index < -0.39 is 5.97 Å². The van der Waals surface area contributed by atoms with Gasteiger partial charge in [0.05, 0.1) is 16.9 Å². The summed E-state index contributed by atoms with van der Waals surface area (Å²) in [5.74, 6) is -1.04. The van der Waals surface area contributed by atoms with E-state index in [1.54, 1.807) is 6.07 Å². The standard InChI is InChI=1S/C14H23N3O2/c1-3-8-17(2)9-4-5-10-6-7-11(14(18)19)13(16)12(10)15/h6-7H,3-5,8-9,15-16H2,1-2H3,(H,18,19). The van der Waals surface area contributed by atoms with Crippen LogP contribution in [0, 0.1) is 0 Å². The van der Waals surface area contributed by atoms with Crippen molar-refractivity contribution in [1.82, 2.24) is 4.90 Å². The smallest absolute Gasteiger partial charge is 0.337 e. The molecule has 5 heteroatoms. The van der Waals surface area contributed by atoms with E-state index in [2.05, 4.69) is 18.9 Å². The quantitative estimate of drug-likeness (QED) is 0.654. The Bertz CT molecular complexity index is 447. The van der Waals surface area contributed by atoms with Gasteiger partial charge >= 0.3 is 5.97 Å². The van der Waals surface area contributed by atoms with Crippen LogP contribution in [0.25, 0.3) is 0 Å². The van der Waals surface area contributed by atoms with Crippen molar-refractivity contribution in [1.29, 1.82) is 0 Å². The van der Waals surface area contributed by atoms with Crippen LogP contribution >= 0.6 is 0 Å². The second-order valence-corrected chi connectivity index (χ2v) is 4.81. The highest BCUT2D eigenvalue weighted by molar-refractivity contribution is 5.97. The fourth-order valence-corrected chi connectivity index (χ4v) is 2.12. The van der Waals surface area contributed by atoms with E-state index in [0.29, 0.717) is 5.69 Å². The molecule has 0 aliphatic rings. The van der Waals surface area contributed by atoms with Gasteiger partial charge in [-0.05, 0) is 51.0 Å². The Morgan fingerprint density at radius 1 is 1.26 bits per heavy atom. The zero-order valence-corrected chi connectivity index (χ0v) is 11.6. The molecule has 0 atom stereocenters. The second-order valence-electron chi connectivity index (χ2n) is 4.81. The molecule has 0 aliphatic heterocycles. The number of nitrogens with two attached hydrogens (primary N) is 2. The van der Waals surface area contributed by atoms with Crippen LogP contribution in [0.1, 0.15) is 35.7 Å². The van der Waals surface area contributed by atoms with E-state index in [1.807, 2.05) is 0 Å². The van der Waals surface area contributed by atoms with Gasteiger partial charge in [-0.3, -0.25) is 0 Å². The summed E-state index contributed by atoms with van der Waals surface area (Å²) in [7, 11) is 2.09. The summed E-state index contributed by atoms with van der Waals surface area (Å²) in [6.45, 7) is 4.23. The lowest BCUT2D eigenvalue weighted by Crippen LogP contribution is -2.21. The zero-order chi connectivity index (χ0) is 14.4. The molecule has 5 N–H and O–H groups in total. The number of carboxylic acids is 1. The molecule has 19 heavy (non-hydrogen) atoms. The summed E-state index contributed by atoms with van der Waals surface area (Å²) in [6.07, 6.45) is 2.93. The van der Waals surface area contributed by atoms with Crippen molar-refractivity contribution in [2.24, 2.45) is 0 Å². The maximum absolute atomic E-state index is 10.9. The Morgan fingerprint density at radius 3 is 2.53 bits per heavy atom. The van der Waals surface area contributed by atoms with E-state index in [0.717, 1.165) is 37.9 Å². The predicted octanol–water partition coefficient (Wildman–Crippen LogP) is 1.82. The summed E-state index contributed by atoms with van der Waals surface area (Å²) in [5.41, 5.74) is 13.2. The van der Waals surface area contributed by atoms with Gasteiger partial charge in [0.1, 0.15) is 0 Å². The van der Waals surface area contributed by atoms with Crippen molar-refractivity contribution in [3.8, 4) is 0 Å². The number of nitrogens with zero attached hydrogens (tertiary/aromatic N) is 1. The molecule has 0 heterocycles. The molecule has 0 amide bonds. The fourth-order valence-electron chi connectivity index (χ4n) is 2.12. The van der Waals surface area contributed by atoms with E-state index in [4.69, 9.17) is 16.6 Å². The molecule has 5 nitrogen and oxygen atoms in total. The number of rotatable bonds is 7. The Balaban J connectivity index is 2.65. The summed E-state index contributed by atoms with van der Waals surface area (Å²) < 4.78 is 0. The maximum Gasteiger partial charge on any atom is 0.337 e. The van der Waals surface area contributed by atoms with E-state index >= 15 is 0 Å². The van der Waals surface area contributed by atoms with Crippen molar-refractivity contribution in [3.05, 3.63) is 23.3 Å². The number of nitrogen functional groups attached to an aromatic ring is 2. The minimum Gasteiger partial charge on any atom is -0.478 e. The van der Waals surface area contributed by atoms with Crippen molar-refractivity contribution in [2.75, 3.05) is 31.6 Å². The number of benzene rings is 1. The third-order valence-electron chi connectivity index (χ3n) is 3.20. The number of aryl methyl sites for hydroxylation is 1. The molecule has 106 valence electrons. The lowest BCUT2D eigenvalue weighted by molar-refractivity contribution is 0.0698. The Morgan fingerprint density at radius 2 is 1.95 bits per heavy atom. The van der Waals surface area contributed by atoms with Crippen LogP contribution in [0.5, 0.6) is 0 Å². The second kappa shape index (κ2) is 6.99. The largest absolute Gasteiger partial charge is 0.478 e. The van der Waals surface area contributed by atoms with Gasteiger partial charge in [-0.25, -0.2) is 4.79 Å². The van der Waals surface area contributed by atoms with Crippen molar-refractivity contribution < 1.29 is 9.90 Å². The minimum atomic E-state index is -1.04. The van der Waals surface area contributed by atoms with E-state index in [9.17, 15) is 4.79 Å². The van der Waals surface area contributed by atoms with E-state index in [1.165, 1.54) is 6.07 Å². The van der Waals surface area contributed by atoms with Crippen LogP contribution in [0.3, 0.4) is 0 Å². The molecule has 0 radical (unpaired) electrons. The third-order valence-corrected chi connectivity index (χ3v) is 3.20.